The number of nitrogens with zero attached hydrogens (tertiary/aromatic N) is 3. The molecule has 118 valence electrons. The second kappa shape index (κ2) is 7.18. The van der Waals surface area contributed by atoms with E-state index in [2.05, 4.69) is 26.7 Å². The van der Waals surface area contributed by atoms with Crippen molar-refractivity contribution in [3.05, 3.63) is 70.5 Å². The Labute approximate surface area is 148 Å². The minimum Gasteiger partial charge on any atom is -0.339 e. The van der Waals surface area contributed by atoms with Gasteiger partial charge in [0.15, 0.2) is 0 Å². The molecule has 1 aromatic heterocycles. The lowest BCUT2D eigenvalue weighted by Gasteiger charge is -2.11. The quantitative estimate of drug-likeness (QED) is 0.677. The summed E-state index contributed by atoms with van der Waals surface area (Å²) in [6, 6.07) is 16.3. The molecule has 0 aliphatic heterocycles. The normalized spacial score (nSPS) is 10.0. The molecule has 0 spiro atoms. The Morgan fingerprint density at radius 2 is 1.54 bits per heavy atom. The van der Waals surface area contributed by atoms with Crippen molar-refractivity contribution in [2.75, 3.05) is 10.6 Å². The molecule has 2 N–H and O–H groups in total. The SMILES string of the molecule is N#Cc1ccccc1Nc1cc(Nc2cccc(Cl)c2Cl)ncn1. The lowest BCUT2D eigenvalue weighted by Crippen LogP contribution is -2.00. The van der Waals surface area contributed by atoms with Crippen molar-refractivity contribution in [2.45, 2.75) is 0 Å². The van der Waals surface area contributed by atoms with E-state index in [1.807, 2.05) is 12.1 Å². The van der Waals surface area contributed by atoms with E-state index in [0.717, 1.165) is 0 Å². The maximum atomic E-state index is 9.14. The van der Waals surface area contributed by atoms with Gasteiger partial charge in [-0.15, -0.1) is 0 Å². The van der Waals surface area contributed by atoms with Crippen molar-refractivity contribution in [1.82, 2.24) is 9.97 Å². The number of hydrogen-bond donors (Lipinski definition) is 2. The van der Waals surface area contributed by atoms with Crippen LogP contribution >= 0.6 is 23.2 Å². The molecule has 0 aliphatic carbocycles. The Balaban J connectivity index is 1.84. The topological polar surface area (TPSA) is 73.6 Å². The minimum atomic E-state index is 0.419. The minimum absolute atomic E-state index is 0.419. The van der Waals surface area contributed by atoms with Gasteiger partial charge in [0.1, 0.15) is 24.0 Å². The third-order valence-electron chi connectivity index (χ3n) is 3.19. The van der Waals surface area contributed by atoms with Crippen LogP contribution < -0.4 is 10.6 Å². The molecule has 0 saturated carbocycles. The highest BCUT2D eigenvalue weighted by Gasteiger charge is 2.07. The summed E-state index contributed by atoms with van der Waals surface area (Å²) in [6.45, 7) is 0. The molecule has 0 amide bonds. The second-order valence-electron chi connectivity index (χ2n) is 4.80. The average molecular weight is 356 g/mol. The highest BCUT2D eigenvalue weighted by Crippen LogP contribution is 2.31. The molecule has 3 rings (SSSR count). The predicted molar refractivity (Wildman–Crippen MR) is 96.2 cm³/mol. The third kappa shape index (κ3) is 3.57. The Kier molecular flexibility index (Phi) is 4.80. The molecule has 24 heavy (non-hydrogen) atoms. The van der Waals surface area contributed by atoms with Crippen LogP contribution in [0.5, 0.6) is 0 Å². The van der Waals surface area contributed by atoms with Gasteiger partial charge in [0.05, 0.1) is 27.0 Å². The molecule has 1 heterocycles. The summed E-state index contributed by atoms with van der Waals surface area (Å²) in [6.07, 6.45) is 1.41. The molecule has 0 aliphatic rings. The summed E-state index contributed by atoms with van der Waals surface area (Å²) < 4.78 is 0. The Bertz CT molecular complexity index is 921. The highest BCUT2D eigenvalue weighted by molar-refractivity contribution is 6.43. The summed E-state index contributed by atoms with van der Waals surface area (Å²) in [5.41, 5.74) is 1.85. The summed E-state index contributed by atoms with van der Waals surface area (Å²) in [5.74, 6) is 1.10. The molecule has 0 unspecified atom stereocenters. The number of hydrogen-bond acceptors (Lipinski definition) is 5. The molecule has 0 bridgehead atoms. The number of halogens is 2. The maximum absolute atomic E-state index is 9.14. The lowest BCUT2D eigenvalue weighted by atomic mass is 10.2. The van der Waals surface area contributed by atoms with Crippen molar-refractivity contribution < 1.29 is 0 Å². The van der Waals surface area contributed by atoms with Gasteiger partial charge in [0.25, 0.3) is 0 Å². The first-order valence-electron chi connectivity index (χ1n) is 6.96. The molecule has 0 radical (unpaired) electrons. The van der Waals surface area contributed by atoms with E-state index < -0.39 is 0 Å². The van der Waals surface area contributed by atoms with E-state index in [4.69, 9.17) is 28.5 Å². The summed E-state index contributed by atoms with van der Waals surface area (Å²) in [5, 5.41) is 16.2. The maximum Gasteiger partial charge on any atom is 0.135 e. The van der Waals surface area contributed by atoms with Crippen LogP contribution in [-0.2, 0) is 0 Å². The van der Waals surface area contributed by atoms with Crippen molar-refractivity contribution in [1.29, 1.82) is 5.26 Å². The smallest absolute Gasteiger partial charge is 0.135 e. The molecule has 2 aromatic carbocycles. The van der Waals surface area contributed by atoms with E-state index in [1.54, 1.807) is 36.4 Å². The first-order chi connectivity index (χ1) is 11.7. The van der Waals surface area contributed by atoms with E-state index >= 15 is 0 Å². The number of nitrogens with one attached hydrogen (secondary N) is 2. The largest absolute Gasteiger partial charge is 0.339 e. The van der Waals surface area contributed by atoms with Gasteiger partial charge in [-0.25, -0.2) is 9.97 Å². The zero-order valence-electron chi connectivity index (χ0n) is 12.3. The number of benzene rings is 2. The monoisotopic (exact) mass is 355 g/mol. The Morgan fingerprint density at radius 1 is 0.875 bits per heavy atom. The fourth-order valence-electron chi connectivity index (χ4n) is 2.06. The third-order valence-corrected chi connectivity index (χ3v) is 4.01. The van der Waals surface area contributed by atoms with Crippen LogP contribution in [0.3, 0.4) is 0 Å². The van der Waals surface area contributed by atoms with Gasteiger partial charge in [0.2, 0.25) is 0 Å². The van der Waals surface area contributed by atoms with Crippen LogP contribution in [-0.4, -0.2) is 9.97 Å². The van der Waals surface area contributed by atoms with Crippen molar-refractivity contribution in [3.8, 4) is 6.07 Å². The van der Waals surface area contributed by atoms with Crippen LogP contribution in [0.25, 0.3) is 0 Å². The van der Waals surface area contributed by atoms with Crippen LogP contribution in [0, 0.1) is 11.3 Å². The van der Waals surface area contributed by atoms with Gasteiger partial charge in [0, 0.05) is 6.07 Å². The molecular formula is C17H11Cl2N5. The van der Waals surface area contributed by atoms with Crippen LogP contribution in [0.1, 0.15) is 5.56 Å². The highest BCUT2D eigenvalue weighted by atomic mass is 35.5. The zero-order valence-corrected chi connectivity index (χ0v) is 13.8. The Morgan fingerprint density at radius 3 is 2.29 bits per heavy atom. The molecule has 0 atom stereocenters. The second-order valence-corrected chi connectivity index (χ2v) is 5.58. The average Bonchev–Trinajstić information content (AvgIpc) is 2.60. The lowest BCUT2D eigenvalue weighted by molar-refractivity contribution is 1.17. The van der Waals surface area contributed by atoms with Crippen LogP contribution in [0.15, 0.2) is 54.9 Å². The fourth-order valence-corrected chi connectivity index (χ4v) is 2.41. The van der Waals surface area contributed by atoms with Crippen molar-refractivity contribution in [3.63, 3.8) is 0 Å². The van der Waals surface area contributed by atoms with Gasteiger partial charge < -0.3 is 10.6 Å². The van der Waals surface area contributed by atoms with Crippen molar-refractivity contribution in [2.24, 2.45) is 0 Å². The van der Waals surface area contributed by atoms with Gasteiger partial charge >= 0.3 is 0 Å². The molecule has 5 nitrogen and oxygen atoms in total. The summed E-state index contributed by atoms with van der Waals surface area (Å²) in [7, 11) is 0. The molecule has 3 aromatic rings. The van der Waals surface area contributed by atoms with E-state index in [9.17, 15) is 0 Å². The van der Waals surface area contributed by atoms with E-state index in [-0.39, 0.29) is 0 Å². The van der Waals surface area contributed by atoms with Gasteiger partial charge in [-0.3, -0.25) is 0 Å². The van der Waals surface area contributed by atoms with Crippen LogP contribution in [0.2, 0.25) is 10.0 Å². The number of para-hydroxylation sites is 1. The first kappa shape index (κ1) is 16.1. The molecular weight excluding hydrogens is 345 g/mol. The first-order valence-corrected chi connectivity index (χ1v) is 7.72. The van der Waals surface area contributed by atoms with Gasteiger partial charge in [-0.05, 0) is 24.3 Å². The number of nitriles is 1. The van der Waals surface area contributed by atoms with Gasteiger partial charge in [-0.1, -0.05) is 41.4 Å². The number of aromatic nitrogens is 2. The summed E-state index contributed by atoms with van der Waals surface area (Å²) in [4.78, 5) is 8.32. The molecule has 0 fully saturated rings. The predicted octanol–water partition coefficient (Wildman–Crippen LogP) is 5.14. The zero-order chi connectivity index (χ0) is 16.9. The van der Waals surface area contributed by atoms with E-state index in [0.29, 0.717) is 38.6 Å². The number of anilines is 4. The Hall–Kier alpha value is -2.81. The fraction of sp³-hybridized carbons (Fsp3) is 0. The van der Waals surface area contributed by atoms with Crippen molar-refractivity contribution >= 4 is 46.2 Å². The van der Waals surface area contributed by atoms with Gasteiger partial charge in [-0.2, -0.15) is 5.26 Å². The number of rotatable bonds is 4. The summed E-state index contributed by atoms with van der Waals surface area (Å²) >= 11 is 12.2. The van der Waals surface area contributed by atoms with Crippen LogP contribution in [0.4, 0.5) is 23.0 Å². The van der Waals surface area contributed by atoms with E-state index in [1.165, 1.54) is 6.33 Å². The standard InChI is InChI=1S/C17H11Cl2N5/c18-12-5-3-7-14(17(12)19)24-16-8-15(21-10-22-16)23-13-6-2-1-4-11(13)9-20/h1-8,10H,(H2,21,22,23,24). The molecule has 7 heteroatoms. The molecule has 0 saturated heterocycles.